The van der Waals surface area contributed by atoms with Gasteiger partial charge >= 0.3 is 0 Å². The van der Waals surface area contributed by atoms with E-state index in [4.69, 9.17) is 5.73 Å². The molecule has 2 N–H and O–H groups in total. The number of anilines is 1. The number of nitrogens with two attached hydrogens (primary N) is 1. The number of ketones is 2. The Morgan fingerprint density at radius 1 is 0.750 bits per heavy atom. The van der Waals surface area contributed by atoms with Crippen molar-refractivity contribution < 1.29 is 22.8 Å². The molecule has 100 valence electrons. The van der Waals surface area contributed by atoms with Gasteiger partial charge in [-0.2, -0.15) is 0 Å². The maximum absolute atomic E-state index is 13.9. The largest absolute Gasteiger partial charge is 0.394 e. The lowest BCUT2D eigenvalue weighted by Gasteiger charge is -2.19. The molecule has 0 aromatic heterocycles. The number of halogens is 3. The average Bonchev–Trinajstić information content (AvgIpc) is 2.46. The Balaban J connectivity index is 2.46. The van der Waals surface area contributed by atoms with Crippen LogP contribution in [0.25, 0.3) is 0 Å². The molecule has 2 aromatic rings. The summed E-state index contributed by atoms with van der Waals surface area (Å²) in [4.78, 5) is 24.3. The Morgan fingerprint density at radius 3 is 1.70 bits per heavy atom. The number of hydrogen-bond acceptors (Lipinski definition) is 3. The number of hydrogen-bond donors (Lipinski definition) is 1. The van der Waals surface area contributed by atoms with Crippen LogP contribution in [0.3, 0.4) is 0 Å². The van der Waals surface area contributed by atoms with Crippen LogP contribution in [0.4, 0.5) is 18.9 Å². The van der Waals surface area contributed by atoms with Gasteiger partial charge < -0.3 is 5.73 Å². The van der Waals surface area contributed by atoms with Crippen LogP contribution in [-0.2, 0) is 0 Å². The third-order valence-electron chi connectivity index (χ3n) is 3.23. The molecule has 6 heteroatoms. The summed E-state index contributed by atoms with van der Waals surface area (Å²) in [6, 6.07) is 5.56. The van der Waals surface area contributed by atoms with Crippen LogP contribution in [0.1, 0.15) is 31.8 Å². The molecular weight excluding hydrogens is 271 g/mol. The SMILES string of the molecule is Nc1c(F)c(F)c2c(c1F)C(=O)c1ccccc1C2=O. The second kappa shape index (κ2) is 3.93. The molecule has 0 heterocycles. The maximum atomic E-state index is 13.9. The number of benzene rings is 2. The summed E-state index contributed by atoms with van der Waals surface area (Å²) >= 11 is 0. The average molecular weight is 277 g/mol. The molecule has 0 saturated heterocycles. The van der Waals surface area contributed by atoms with Crippen LogP contribution in [0.2, 0.25) is 0 Å². The highest BCUT2D eigenvalue weighted by atomic mass is 19.2. The van der Waals surface area contributed by atoms with Gasteiger partial charge in [-0.15, -0.1) is 0 Å². The molecule has 3 rings (SSSR count). The van der Waals surface area contributed by atoms with E-state index in [1.165, 1.54) is 24.3 Å². The molecule has 0 bridgehead atoms. The quantitative estimate of drug-likeness (QED) is 0.507. The minimum absolute atomic E-state index is 0.0608. The second-order valence-electron chi connectivity index (χ2n) is 4.31. The summed E-state index contributed by atoms with van der Waals surface area (Å²) in [7, 11) is 0. The van der Waals surface area contributed by atoms with Gasteiger partial charge in [0.2, 0.25) is 0 Å². The molecule has 1 aliphatic rings. The molecule has 0 unspecified atom stereocenters. The van der Waals surface area contributed by atoms with E-state index in [2.05, 4.69) is 0 Å². The highest BCUT2D eigenvalue weighted by Gasteiger charge is 2.37. The Hall–Kier alpha value is -2.63. The van der Waals surface area contributed by atoms with Gasteiger partial charge in [0.25, 0.3) is 0 Å². The van der Waals surface area contributed by atoms with E-state index in [1.807, 2.05) is 0 Å². The zero-order valence-corrected chi connectivity index (χ0v) is 9.84. The van der Waals surface area contributed by atoms with E-state index < -0.39 is 45.8 Å². The van der Waals surface area contributed by atoms with E-state index in [0.29, 0.717) is 0 Å². The summed E-state index contributed by atoms with van der Waals surface area (Å²) in [5.41, 5.74) is 2.10. The van der Waals surface area contributed by atoms with Gasteiger partial charge in [-0.3, -0.25) is 9.59 Å². The number of fused-ring (bicyclic) bond motifs is 2. The third kappa shape index (κ3) is 1.36. The van der Waals surface area contributed by atoms with Crippen LogP contribution < -0.4 is 5.73 Å². The number of carbonyl (C=O) groups excluding carboxylic acids is 2. The van der Waals surface area contributed by atoms with Crippen LogP contribution in [0.15, 0.2) is 24.3 Å². The molecule has 0 atom stereocenters. The lowest BCUT2D eigenvalue weighted by atomic mass is 9.83. The van der Waals surface area contributed by atoms with Gasteiger partial charge in [0, 0.05) is 11.1 Å². The Labute approximate surface area is 110 Å². The zero-order valence-electron chi connectivity index (χ0n) is 9.84. The normalized spacial score (nSPS) is 13.2. The summed E-state index contributed by atoms with van der Waals surface area (Å²) in [5.74, 6) is -6.51. The Morgan fingerprint density at radius 2 is 1.20 bits per heavy atom. The molecular formula is C14H6F3NO2. The number of rotatable bonds is 0. The van der Waals surface area contributed by atoms with Crippen molar-refractivity contribution in [3.8, 4) is 0 Å². The Bertz CT molecular complexity index is 733. The molecule has 0 spiro atoms. The van der Waals surface area contributed by atoms with E-state index in [0.717, 1.165) is 0 Å². The van der Waals surface area contributed by atoms with Crippen LogP contribution in [0, 0.1) is 17.5 Å². The topological polar surface area (TPSA) is 60.2 Å². The highest BCUT2D eigenvalue weighted by molar-refractivity contribution is 6.28. The Kier molecular flexibility index (Phi) is 2.44. The van der Waals surface area contributed by atoms with Crippen molar-refractivity contribution in [2.45, 2.75) is 0 Å². The zero-order chi connectivity index (χ0) is 14.6. The van der Waals surface area contributed by atoms with Crippen molar-refractivity contribution in [1.82, 2.24) is 0 Å². The van der Waals surface area contributed by atoms with E-state index >= 15 is 0 Å². The molecule has 0 radical (unpaired) electrons. The molecule has 0 saturated carbocycles. The fraction of sp³-hybridized carbons (Fsp3) is 0. The fourth-order valence-electron chi connectivity index (χ4n) is 2.25. The van der Waals surface area contributed by atoms with Crippen LogP contribution in [-0.4, -0.2) is 11.6 Å². The van der Waals surface area contributed by atoms with Crippen molar-refractivity contribution in [1.29, 1.82) is 0 Å². The van der Waals surface area contributed by atoms with Crippen molar-refractivity contribution in [2.24, 2.45) is 0 Å². The summed E-state index contributed by atoms with van der Waals surface area (Å²) in [5, 5.41) is 0. The molecule has 1 aliphatic carbocycles. The molecule has 0 amide bonds. The molecule has 0 fully saturated rings. The van der Waals surface area contributed by atoms with Crippen molar-refractivity contribution in [3.05, 3.63) is 64.0 Å². The van der Waals surface area contributed by atoms with Crippen molar-refractivity contribution in [3.63, 3.8) is 0 Å². The van der Waals surface area contributed by atoms with Gasteiger partial charge in [-0.1, -0.05) is 24.3 Å². The highest BCUT2D eigenvalue weighted by Crippen LogP contribution is 2.34. The fourth-order valence-corrected chi connectivity index (χ4v) is 2.25. The minimum Gasteiger partial charge on any atom is -0.394 e. The molecule has 0 aliphatic heterocycles. The van der Waals surface area contributed by atoms with Gasteiger partial charge in [0.15, 0.2) is 29.0 Å². The second-order valence-corrected chi connectivity index (χ2v) is 4.31. The monoisotopic (exact) mass is 277 g/mol. The first-order chi connectivity index (χ1) is 9.45. The molecule has 2 aromatic carbocycles. The summed E-state index contributed by atoms with van der Waals surface area (Å²) in [6.07, 6.45) is 0. The lowest BCUT2D eigenvalue weighted by Crippen LogP contribution is -2.25. The van der Waals surface area contributed by atoms with Crippen molar-refractivity contribution >= 4 is 17.3 Å². The predicted molar refractivity (Wildman–Crippen MR) is 64.0 cm³/mol. The first kappa shape index (κ1) is 12.4. The van der Waals surface area contributed by atoms with E-state index in [-0.39, 0.29) is 11.1 Å². The van der Waals surface area contributed by atoms with Crippen LogP contribution >= 0.6 is 0 Å². The summed E-state index contributed by atoms with van der Waals surface area (Å²) in [6.45, 7) is 0. The van der Waals surface area contributed by atoms with E-state index in [9.17, 15) is 22.8 Å². The minimum atomic E-state index is -1.67. The summed E-state index contributed by atoms with van der Waals surface area (Å²) < 4.78 is 41.2. The third-order valence-corrected chi connectivity index (χ3v) is 3.23. The number of carbonyl (C=O) groups is 2. The van der Waals surface area contributed by atoms with Gasteiger partial charge in [-0.25, -0.2) is 13.2 Å². The lowest BCUT2D eigenvalue weighted by molar-refractivity contribution is 0.0971. The van der Waals surface area contributed by atoms with E-state index in [1.54, 1.807) is 0 Å². The molecule has 20 heavy (non-hydrogen) atoms. The van der Waals surface area contributed by atoms with Crippen molar-refractivity contribution in [2.75, 3.05) is 5.73 Å². The first-order valence-electron chi connectivity index (χ1n) is 5.59. The first-order valence-corrected chi connectivity index (χ1v) is 5.59. The smallest absolute Gasteiger partial charge is 0.197 e. The predicted octanol–water partition coefficient (Wildman–Crippen LogP) is 2.46. The maximum Gasteiger partial charge on any atom is 0.197 e. The standard InChI is InChI=1S/C14H6F3NO2/c15-9-7-8(10(16)12(18)11(9)17)14(20)6-4-2-1-3-5(6)13(7)19/h1-4H,18H2. The van der Waals surface area contributed by atoms with Gasteiger partial charge in [0.05, 0.1) is 11.1 Å². The van der Waals surface area contributed by atoms with Crippen LogP contribution in [0.5, 0.6) is 0 Å². The number of nitrogen functional groups attached to an aromatic ring is 1. The molecule has 3 nitrogen and oxygen atoms in total. The van der Waals surface area contributed by atoms with Gasteiger partial charge in [0.1, 0.15) is 5.69 Å². The van der Waals surface area contributed by atoms with Gasteiger partial charge in [-0.05, 0) is 0 Å².